The van der Waals surface area contributed by atoms with E-state index in [9.17, 15) is 21.6 Å². The smallest absolute Gasteiger partial charge is 0.393 e. The molecule has 1 N–H and O–H groups in total. The van der Waals surface area contributed by atoms with Crippen molar-refractivity contribution in [2.45, 2.75) is 89.5 Å². The summed E-state index contributed by atoms with van der Waals surface area (Å²) in [5, 5.41) is 5.13. The lowest BCUT2D eigenvalue weighted by molar-refractivity contribution is -0.126. The largest absolute Gasteiger partial charge is 0.467 e. The monoisotopic (exact) mass is 706 g/mol. The fourth-order valence-electron chi connectivity index (χ4n) is 7.30. The summed E-state index contributed by atoms with van der Waals surface area (Å²) in [6, 6.07) is 8.89. The molecule has 3 aromatic heterocycles. The van der Waals surface area contributed by atoms with Gasteiger partial charge in [0.25, 0.3) is 0 Å². The van der Waals surface area contributed by atoms with E-state index < -0.39 is 22.4 Å². The van der Waals surface area contributed by atoms with Gasteiger partial charge in [-0.1, -0.05) is 6.07 Å². The summed E-state index contributed by atoms with van der Waals surface area (Å²) in [6.07, 6.45) is -0.767. The van der Waals surface area contributed by atoms with E-state index in [2.05, 4.69) is 68.6 Å². The van der Waals surface area contributed by atoms with Gasteiger partial charge in [-0.2, -0.15) is 23.1 Å². The molecule has 0 unspecified atom stereocenters. The second kappa shape index (κ2) is 13.8. The predicted octanol–water partition coefficient (Wildman–Crippen LogP) is 6.35. The number of aryl methyl sites for hydroxylation is 2. The maximum absolute atomic E-state index is 13.1. The molecule has 262 valence electrons. The van der Waals surface area contributed by atoms with Crippen LogP contribution in [0.25, 0.3) is 21.1 Å². The molecule has 1 aromatic carbocycles. The molecule has 0 saturated carbocycles. The zero-order valence-electron chi connectivity index (χ0n) is 28.2. The number of rotatable bonds is 10. The molecule has 0 aliphatic carbocycles. The highest BCUT2D eigenvalue weighted by molar-refractivity contribution is 7.91. The van der Waals surface area contributed by atoms with E-state index in [4.69, 9.17) is 4.74 Å². The molecule has 0 amide bonds. The number of likely N-dealkylation sites (tertiary alicyclic amines) is 2. The first-order valence-corrected chi connectivity index (χ1v) is 19.4. The van der Waals surface area contributed by atoms with Crippen molar-refractivity contribution in [3.63, 3.8) is 0 Å². The summed E-state index contributed by atoms with van der Waals surface area (Å²) in [4.78, 5) is 14.3. The summed E-state index contributed by atoms with van der Waals surface area (Å²) in [7, 11) is -1.53. The second-order valence-corrected chi connectivity index (χ2v) is 17.0. The third-order valence-corrected chi connectivity index (χ3v) is 12.8. The topological polar surface area (TPSA) is 92.6 Å². The van der Waals surface area contributed by atoms with Crippen molar-refractivity contribution in [1.29, 1.82) is 0 Å². The van der Waals surface area contributed by atoms with Gasteiger partial charge in [-0.3, -0.25) is 9.80 Å². The van der Waals surface area contributed by atoms with Gasteiger partial charge in [0.15, 0.2) is 0 Å². The van der Waals surface area contributed by atoms with E-state index in [0.717, 1.165) is 63.4 Å². The van der Waals surface area contributed by atoms with Crippen LogP contribution in [0.1, 0.15) is 54.3 Å². The molecule has 0 spiro atoms. The maximum atomic E-state index is 13.1. The second-order valence-electron chi connectivity index (χ2n) is 13.6. The number of thiophene rings is 1. The van der Waals surface area contributed by atoms with Crippen LogP contribution >= 0.6 is 11.3 Å². The van der Waals surface area contributed by atoms with Gasteiger partial charge in [0.2, 0.25) is 0 Å². The Morgan fingerprint density at radius 1 is 1.04 bits per heavy atom. The molecular weight excluding hydrogens is 662 g/mol. The first kappa shape index (κ1) is 34.9. The van der Waals surface area contributed by atoms with Crippen molar-refractivity contribution < 1.29 is 26.3 Å². The normalized spacial score (nSPS) is 18.6. The Balaban J connectivity index is 1.08. The fourth-order valence-corrected chi connectivity index (χ4v) is 9.42. The van der Waals surface area contributed by atoms with Gasteiger partial charge in [0.1, 0.15) is 20.5 Å². The average molecular weight is 707 g/mol. The number of fused-ring (bicyclic) bond motifs is 2. The van der Waals surface area contributed by atoms with E-state index in [1.165, 1.54) is 41.1 Å². The maximum Gasteiger partial charge on any atom is 0.393 e. The van der Waals surface area contributed by atoms with E-state index in [-0.39, 0.29) is 22.2 Å². The van der Waals surface area contributed by atoms with E-state index in [1.807, 2.05) is 0 Å². The summed E-state index contributed by atoms with van der Waals surface area (Å²) >= 11 is 1.02. The average Bonchev–Trinajstić information content (AvgIpc) is 3.58. The van der Waals surface area contributed by atoms with E-state index in [1.54, 1.807) is 6.07 Å². The van der Waals surface area contributed by atoms with E-state index in [0.29, 0.717) is 34.9 Å². The molecule has 2 aliphatic heterocycles. The number of nitrogens with one attached hydrogen (secondary N) is 1. The van der Waals surface area contributed by atoms with Crippen molar-refractivity contribution in [3.05, 3.63) is 46.0 Å². The first-order chi connectivity index (χ1) is 22.7. The molecule has 2 saturated heterocycles. The van der Waals surface area contributed by atoms with Crippen LogP contribution in [0.5, 0.6) is 6.01 Å². The minimum atomic E-state index is -4.29. The number of ether oxygens (including phenoxy) is 1. The van der Waals surface area contributed by atoms with Crippen molar-refractivity contribution in [2.24, 2.45) is 0 Å². The molecular formula is C34H45F3N6O3S2. The Bertz CT molecular complexity index is 1870. The fraction of sp³-hybridized carbons (Fsp3) is 0.588. The standard InChI is InChI=1S/C34H45F3N6O3S2/c1-21-16-28-23(3)24(6-7-30(28)43(21)19-22(2)42-14-10-27(11-15-42)48(5,44)45)20-41-12-8-25(9-13-41)38-31-29-17-26(18-34(35,36)37)47-32(29)40-33(39-31)46-4/h6-7,16-17,22,25,27H,8-15,18-20H2,1-5H3,(H,38,39,40)/t22-/m0/s1. The summed E-state index contributed by atoms with van der Waals surface area (Å²) in [6.45, 7) is 11.7. The number of halogens is 3. The Morgan fingerprint density at radius 3 is 2.40 bits per heavy atom. The zero-order valence-corrected chi connectivity index (χ0v) is 29.9. The molecule has 4 aromatic rings. The first-order valence-electron chi connectivity index (χ1n) is 16.6. The third kappa shape index (κ3) is 7.76. The predicted molar refractivity (Wildman–Crippen MR) is 186 cm³/mol. The zero-order chi connectivity index (χ0) is 34.4. The molecule has 14 heteroatoms. The van der Waals surface area contributed by atoms with Crippen LogP contribution in [0, 0.1) is 13.8 Å². The molecule has 0 bridgehead atoms. The molecule has 2 aliphatic rings. The molecule has 9 nitrogen and oxygen atoms in total. The van der Waals surface area contributed by atoms with Crippen LogP contribution < -0.4 is 10.1 Å². The van der Waals surface area contributed by atoms with Crippen molar-refractivity contribution in [3.8, 4) is 6.01 Å². The lowest BCUT2D eigenvalue weighted by Crippen LogP contribution is -2.44. The van der Waals surface area contributed by atoms with Crippen LogP contribution in [-0.2, 0) is 29.3 Å². The number of nitrogens with zero attached hydrogens (tertiary/aromatic N) is 5. The van der Waals surface area contributed by atoms with Crippen LogP contribution in [0.4, 0.5) is 19.0 Å². The van der Waals surface area contributed by atoms with Crippen LogP contribution in [-0.4, -0.2) is 95.8 Å². The number of aromatic nitrogens is 3. The summed E-state index contributed by atoms with van der Waals surface area (Å²) in [5.74, 6) is 0.522. The minimum absolute atomic E-state index is 0.134. The van der Waals surface area contributed by atoms with Crippen LogP contribution in [0.15, 0.2) is 24.3 Å². The Hall–Kier alpha value is -2.94. The van der Waals surface area contributed by atoms with Crippen molar-refractivity contribution in [2.75, 3.05) is 44.9 Å². The summed E-state index contributed by atoms with van der Waals surface area (Å²) in [5.41, 5.74) is 5.05. The highest BCUT2D eigenvalue weighted by atomic mass is 32.2. The molecule has 0 radical (unpaired) electrons. The third-order valence-electron chi connectivity index (χ3n) is 10.1. The Kier molecular flexibility index (Phi) is 10.0. The number of methoxy groups -OCH3 is 1. The number of hydrogen-bond acceptors (Lipinski definition) is 9. The number of benzene rings is 1. The highest BCUT2D eigenvalue weighted by Gasteiger charge is 2.31. The molecule has 1 atom stereocenters. The minimum Gasteiger partial charge on any atom is -0.467 e. The van der Waals surface area contributed by atoms with Gasteiger partial charge in [0.05, 0.1) is 24.2 Å². The van der Waals surface area contributed by atoms with Crippen LogP contribution in [0.3, 0.4) is 0 Å². The Labute approximate surface area is 284 Å². The molecule has 2 fully saturated rings. The quantitative estimate of drug-likeness (QED) is 0.204. The molecule has 48 heavy (non-hydrogen) atoms. The lowest BCUT2D eigenvalue weighted by Gasteiger charge is -2.36. The lowest BCUT2D eigenvalue weighted by atomic mass is 10.0. The van der Waals surface area contributed by atoms with Gasteiger partial charge in [-0.25, -0.2) is 8.42 Å². The van der Waals surface area contributed by atoms with Gasteiger partial charge >= 0.3 is 12.2 Å². The summed E-state index contributed by atoms with van der Waals surface area (Å²) < 4.78 is 70.8. The SMILES string of the molecule is COc1nc(NC2CCN(Cc3ccc4c(cc(C)n4C[C@H](C)N4CCC(S(C)(=O)=O)CC4)c3C)CC2)c2cc(CC(F)(F)F)sc2n1. The van der Waals surface area contributed by atoms with Crippen molar-refractivity contribution in [1.82, 2.24) is 24.3 Å². The van der Waals surface area contributed by atoms with Gasteiger partial charge in [-0.15, -0.1) is 11.3 Å². The molecule has 6 rings (SSSR count). The Morgan fingerprint density at radius 2 is 1.75 bits per heavy atom. The highest BCUT2D eigenvalue weighted by Crippen LogP contribution is 2.35. The van der Waals surface area contributed by atoms with Gasteiger partial charge in [0, 0.05) is 66.0 Å². The van der Waals surface area contributed by atoms with E-state index >= 15 is 0 Å². The number of hydrogen-bond donors (Lipinski definition) is 1. The number of piperidine rings is 2. The number of alkyl halides is 3. The van der Waals surface area contributed by atoms with Crippen molar-refractivity contribution >= 4 is 48.1 Å². The van der Waals surface area contributed by atoms with Gasteiger partial charge in [-0.05, 0) is 88.9 Å². The number of sulfone groups is 1. The van der Waals surface area contributed by atoms with Gasteiger partial charge < -0.3 is 14.6 Å². The number of anilines is 1. The molecule has 5 heterocycles. The van der Waals surface area contributed by atoms with Crippen LogP contribution in [0.2, 0.25) is 0 Å².